The molecule has 0 aliphatic heterocycles. The Morgan fingerprint density at radius 3 is 2.31 bits per heavy atom. The number of rotatable bonds is 7. The van der Waals surface area contributed by atoms with E-state index in [9.17, 15) is 9.59 Å². The maximum Gasteiger partial charge on any atom is 0.305 e. The zero-order valence-electron chi connectivity index (χ0n) is 8.47. The average Bonchev–Trinajstić information content (AvgIpc) is 2.08. The Hall–Kier alpha value is -0.860. The molecule has 3 nitrogen and oxygen atoms in total. The lowest BCUT2D eigenvalue weighted by Gasteiger charge is -2.01. The van der Waals surface area contributed by atoms with Crippen molar-refractivity contribution in [3.05, 3.63) is 0 Å². The van der Waals surface area contributed by atoms with E-state index in [1.807, 2.05) is 6.92 Å². The maximum atomic E-state index is 10.9. The summed E-state index contributed by atoms with van der Waals surface area (Å²) in [5.74, 6) is 0.0346. The largest absolute Gasteiger partial charge is 0.466 e. The van der Waals surface area contributed by atoms with Crippen LogP contribution < -0.4 is 0 Å². The van der Waals surface area contributed by atoms with Crippen molar-refractivity contribution >= 4 is 11.8 Å². The van der Waals surface area contributed by atoms with E-state index >= 15 is 0 Å². The minimum Gasteiger partial charge on any atom is -0.466 e. The lowest BCUT2D eigenvalue weighted by molar-refractivity contribution is -0.143. The van der Waals surface area contributed by atoms with Gasteiger partial charge in [0.15, 0.2) is 0 Å². The molecule has 0 saturated heterocycles. The zero-order chi connectivity index (χ0) is 10.1. The van der Waals surface area contributed by atoms with E-state index in [0.717, 1.165) is 19.3 Å². The van der Waals surface area contributed by atoms with Gasteiger partial charge in [-0.25, -0.2) is 0 Å². The third-order valence-electron chi connectivity index (χ3n) is 1.63. The maximum absolute atomic E-state index is 10.9. The number of hydrogen-bond acceptors (Lipinski definition) is 3. The van der Waals surface area contributed by atoms with E-state index in [-0.39, 0.29) is 11.8 Å². The zero-order valence-corrected chi connectivity index (χ0v) is 8.47. The van der Waals surface area contributed by atoms with Crippen molar-refractivity contribution in [2.75, 3.05) is 6.61 Å². The number of unbranched alkanes of at least 4 members (excludes halogenated alkanes) is 1. The van der Waals surface area contributed by atoms with Crippen molar-refractivity contribution in [1.29, 1.82) is 0 Å². The Kier molecular flexibility index (Phi) is 7.26. The summed E-state index contributed by atoms with van der Waals surface area (Å²) in [6.45, 7) is 4.03. The van der Waals surface area contributed by atoms with Gasteiger partial charge in [0, 0.05) is 12.8 Å². The molecule has 0 aromatic carbocycles. The summed E-state index contributed by atoms with van der Waals surface area (Å²) in [6.07, 6.45) is 3.41. The molecule has 3 heteroatoms. The van der Waals surface area contributed by atoms with Gasteiger partial charge in [-0.05, 0) is 26.2 Å². The van der Waals surface area contributed by atoms with Gasteiger partial charge >= 0.3 is 5.97 Å². The summed E-state index contributed by atoms with van der Waals surface area (Å²) in [5.41, 5.74) is 0. The summed E-state index contributed by atoms with van der Waals surface area (Å²) < 4.78 is 4.87. The van der Waals surface area contributed by atoms with Crippen LogP contribution in [-0.2, 0) is 14.3 Å². The van der Waals surface area contributed by atoms with Gasteiger partial charge in [0.05, 0.1) is 6.61 Å². The highest BCUT2D eigenvalue weighted by Crippen LogP contribution is 2.01. The van der Waals surface area contributed by atoms with E-state index in [1.165, 1.54) is 0 Å². The van der Waals surface area contributed by atoms with E-state index in [0.29, 0.717) is 19.4 Å². The minimum atomic E-state index is -0.148. The molecule has 0 aliphatic carbocycles. The first-order valence-corrected chi connectivity index (χ1v) is 4.82. The lowest BCUT2D eigenvalue weighted by atomic mass is 10.1. The standard InChI is InChI=1S/C10H18O3/c1-3-8-13-10(12)7-5-4-6-9(2)11/h3-8H2,1-2H3. The number of carbonyl (C=O) groups excluding carboxylic acids is 2. The Labute approximate surface area is 79.5 Å². The van der Waals surface area contributed by atoms with Gasteiger partial charge in [-0.3, -0.25) is 4.79 Å². The van der Waals surface area contributed by atoms with Crippen LogP contribution >= 0.6 is 0 Å². The second kappa shape index (κ2) is 7.77. The van der Waals surface area contributed by atoms with Crippen LogP contribution in [0.2, 0.25) is 0 Å². The highest BCUT2D eigenvalue weighted by molar-refractivity contribution is 5.75. The van der Waals surface area contributed by atoms with E-state index < -0.39 is 0 Å². The fraction of sp³-hybridized carbons (Fsp3) is 0.800. The van der Waals surface area contributed by atoms with Crippen LogP contribution in [-0.4, -0.2) is 18.4 Å². The molecule has 0 spiro atoms. The molecule has 0 aromatic heterocycles. The third-order valence-corrected chi connectivity index (χ3v) is 1.63. The second-order valence-corrected chi connectivity index (χ2v) is 3.13. The van der Waals surface area contributed by atoms with Crippen molar-refractivity contribution in [2.24, 2.45) is 0 Å². The van der Waals surface area contributed by atoms with Gasteiger partial charge in [0.2, 0.25) is 0 Å². The highest BCUT2D eigenvalue weighted by atomic mass is 16.5. The number of ether oxygens (including phenoxy) is 1. The van der Waals surface area contributed by atoms with Crippen molar-refractivity contribution in [2.45, 2.75) is 46.0 Å². The van der Waals surface area contributed by atoms with Crippen LogP contribution in [0.1, 0.15) is 46.0 Å². The summed E-state index contributed by atoms with van der Waals surface area (Å²) >= 11 is 0. The Bertz CT molecular complexity index is 164. The fourth-order valence-electron chi connectivity index (χ4n) is 0.931. The number of carbonyl (C=O) groups is 2. The van der Waals surface area contributed by atoms with Gasteiger partial charge in [0.25, 0.3) is 0 Å². The van der Waals surface area contributed by atoms with E-state index in [2.05, 4.69) is 0 Å². The molecule has 0 heterocycles. The molecular formula is C10H18O3. The summed E-state index contributed by atoms with van der Waals surface area (Å²) in [7, 11) is 0. The first kappa shape index (κ1) is 12.1. The van der Waals surface area contributed by atoms with Gasteiger partial charge in [0.1, 0.15) is 5.78 Å². The molecule has 0 amide bonds. The molecule has 0 unspecified atom stereocenters. The van der Waals surface area contributed by atoms with Crippen LogP contribution in [0.15, 0.2) is 0 Å². The summed E-state index contributed by atoms with van der Waals surface area (Å²) in [4.78, 5) is 21.5. The third kappa shape index (κ3) is 9.05. The lowest BCUT2D eigenvalue weighted by Crippen LogP contribution is -2.05. The summed E-state index contributed by atoms with van der Waals surface area (Å²) in [6, 6.07) is 0. The van der Waals surface area contributed by atoms with Gasteiger partial charge in [-0.15, -0.1) is 0 Å². The SMILES string of the molecule is CCCOC(=O)CCCCC(C)=O. The normalized spacial score (nSPS) is 9.69. The van der Waals surface area contributed by atoms with Crippen LogP contribution in [0, 0.1) is 0 Å². The van der Waals surface area contributed by atoms with Gasteiger partial charge < -0.3 is 9.53 Å². The van der Waals surface area contributed by atoms with E-state index in [4.69, 9.17) is 4.74 Å². The highest BCUT2D eigenvalue weighted by Gasteiger charge is 2.01. The molecule has 0 N–H and O–H groups in total. The first-order valence-electron chi connectivity index (χ1n) is 4.82. The fourth-order valence-corrected chi connectivity index (χ4v) is 0.931. The summed E-state index contributed by atoms with van der Waals surface area (Å²) in [5, 5.41) is 0. The predicted octanol–water partition coefficient (Wildman–Crippen LogP) is 2.09. The van der Waals surface area contributed by atoms with Crippen molar-refractivity contribution in [3.8, 4) is 0 Å². The Morgan fingerprint density at radius 1 is 1.15 bits per heavy atom. The van der Waals surface area contributed by atoms with Crippen LogP contribution in [0.3, 0.4) is 0 Å². The van der Waals surface area contributed by atoms with Crippen LogP contribution in [0.4, 0.5) is 0 Å². The molecule has 0 aromatic rings. The second-order valence-electron chi connectivity index (χ2n) is 3.13. The number of ketones is 1. The minimum absolute atomic E-state index is 0.148. The molecule has 13 heavy (non-hydrogen) atoms. The molecule has 0 saturated carbocycles. The smallest absolute Gasteiger partial charge is 0.305 e. The Balaban J connectivity index is 3.22. The molecular weight excluding hydrogens is 168 g/mol. The quantitative estimate of drug-likeness (QED) is 0.451. The van der Waals surface area contributed by atoms with Crippen molar-refractivity contribution < 1.29 is 14.3 Å². The first-order chi connectivity index (χ1) is 6.16. The molecule has 0 radical (unpaired) electrons. The molecule has 0 rings (SSSR count). The molecule has 0 atom stereocenters. The number of esters is 1. The number of hydrogen-bond donors (Lipinski definition) is 0. The molecule has 76 valence electrons. The molecule has 0 bridgehead atoms. The average molecular weight is 186 g/mol. The topological polar surface area (TPSA) is 43.4 Å². The van der Waals surface area contributed by atoms with Crippen LogP contribution in [0.25, 0.3) is 0 Å². The van der Waals surface area contributed by atoms with E-state index in [1.54, 1.807) is 6.92 Å². The van der Waals surface area contributed by atoms with Crippen molar-refractivity contribution in [1.82, 2.24) is 0 Å². The van der Waals surface area contributed by atoms with Gasteiger partial charge in [-0.1, -0.05) is 6.92 Å². The molecule has 0 aliphatic rings. The Morgan fingerprint density at radius 2 is 1.77 bits per heavy atom. The van der Waals surface area contributed by atoms with Gasteiger partial charge in [-0.2, -0.15) is 0 Å². The van der Waals surface area contributed by atoms with Crippen molar-refractivity contribution in [3.63, 3.8) is 0 Å². The predicted molar refractivity (Wildman–Crippen MR) is 50.4 cm³/mol. The van der Waals surface area contributed by atoms with Crippen LogP contribution in [0.5, 0.6) is 0 Å². The molecule has 0 fully saturated rings. The monoisotopic (exact) mass is 186 g/mol. The number of Topliss-reactive ketones (excluding diaryl/α,β-unsaturated/α-hetero) is 1.